The van der Waals surface area contributed by atoms with Crippen LogP contribution < -0.4 is 5.32 Å². The summed E-state index contributed by atoms with van der Waals surface area (Å²) in [5.41, 5.74) is 5.41. The van der Waals surface area contributed by atoms with Gasteiger partial charge in [-0.3, -0.25) is 9.59 Å². The lowest BCUT2D eigenvalue weighted by Gasteiger charge is -2.09. The number of hydrogen-bond acceptors (Lipinski definition) is 4. The van der Waals surface area contributed by atoms with E-state index in [1.54, 1.807) is 6.26 Å². The Labute approximate surface area is 158 Å². The summed E-state index contributed by atoms with van der Waals surface area (Å²) in [5.74, 6) is -0.824. The van der Waals surface area contributed by atoms with Crippen molar-refractivity contribution in [1.29, 1.82) is 0 Å². The van der Waals surface area contributed by atoms with Crippen molar-refractivity contribution in [2.45, 2.75) is 33.6 Å². The van der Waals surface area contributed by atoms with Crippen molar-refractivity contribution >= 4 is 28.5 Å². The van der Waals surface area contributed by atoms with E-state index in [1.807, 2.05) is 50.2 Å². The number of carbonyl (C=O) groups excluding carboxylic acids is 2. The second kappa shape index (κ2) is 8.08. The summed E-state index contributed by atoms with van der Waals surface area (Å²) < 4.78 is 10.7. The van der Waals surface area contributed by atoms with E-state index in [4.69, 9.17) is 9.15 Å². The highest BCUT2D eigenvalue weighted by atomic mass is 16.5. The number of benzene rings is 2. The first-order valence-electron chi connectivity index (χ1n) is 8.98. The average molecular weight is 365 g/mol. The second-order valence-corrected chi connectivity index (χ2v) is 6.65. The van der Waals surface area contributed by atoms with Crippen LogP contribution in [0.25, 0.3) is 11.0 Å². The SMILES string of the molecule is CCc1ccc2c(CC(=O)OCC(=O)Nc3cc(C)ccc3C)coc2c1. The number of ether oxygens (including phenoxy) is 1. The Balaban J connectivity index is 1.56. The lowest BCUT2D eigenvalue weighted by molar-refractivity contribution is -0.146. The van der Waals surface area contributed by atoms with E-state index >= 15 is 0 Å². The molecule has 0 saturated heterocycles. The van der Waals surface area contributed by atoms with Gasteiger partial charge in [-0.1, -0.05) is 31.2 Å². The van der Waals surface area contributed by atoms with E-state index in [2.05, 4.69) is 12.2 Å². The summed E-state index contributed by atoms with van der Waals surface area (Å²) in [6.07, 6.45) is 2.56. The van der Waals surface area contributed by atoms with Crippen LogP contribution in [0.2, 0.25) is 0 Å². The number of esters is 1. The molecule has 0 fully saturated rings. The van der Waals surface area contributed by atoms with E-state index in [0.717, 1.165) is 39.8 Å². The molecule has 3 aromatic rings. The minimum atomic E-state index is -0.464. The Morgan fingerprint density at radius 3 is 2.70 bits per heavy atom. The summed E-state index contributed by atoms with van der Waals surface area (Å²) in [7, 11) is 0. The Hall–Kier alpha value is -3.08. The molecule has 0 spiro atoms. The molecule has 0 aliphatic heterocycles. The molecule has 1 amide bonds. The highest BCUT2D eigenvalue weighted by Gasteiger charge is 2.14. The molecule has 140 valence electrons. The highest BCUT2D eigenvalue weighted by Crippen LogP contribution is 2.23. The van der Waals surface area contributed by atoms with Crippen LogP contribution in [0.5, 0.6) is 0 Å². The molecule has 27 heavy (non-hydrogen) atoms. The highest BCUT2D eigenvalue weighted by molar-refractivity contribution is 5.94. The third-order valence-corrected chi connectivity index (χ3v) is 4.49. The minimum absolute atomic E-state index is 0.0647. The number of nitrogens with one attached hydrogen (secondary N) is 1. The van der Waals surface area contributed by atoms with Gasteiger partial charge in [-0.05, 0) is 49.1 Å². The predicted octanol–water partition coefficient (Wildman–Crippen LogP) is 4.34. The molecular weight excluding hydrogens is 342 g/mol. The lowest BCUT2D eigenvalue weighted by Crippen LogP contribution is -2.22. The minimum Gasteiger partial charge on any atom is -0.464 e. The molecule has 5 heteroatoms. The third kappa shape index (κ3) is 4.56. The first-order valence-corrected chi connectivity index (χ1v) is 8.98. The largest absolute Gasteiger partial charge is 0.464 e. The Morgan fingerprint density at radius 1 is 1.11 bits per heavy atom. The first kappa shape index (κ1) is 18.7. The number of hydrogen-bond donors (Lipinski definition) is 1. The van der Waals surface area contributed by atoms with Crippen molar-refractivity contribution in [3.63, 3.8) is 0 Å². The second-order valence-electron chi connectivity index (χ2n) is 6.65. The summed E-state index contributed by atoms with van der Waals surface area (Å²) in [6, 6.07) is 11.7. The number of amides is 1. The maximum absolute atomic E-state index is 12.1. The van der Waals surface area contributed by atoms with Crippen molar-refractivity contribution in [2.24, 2.45) is 0 Å². The number of rotatable bonds is 6. The Morgan fingerprint density at radius 2 is 1.93 bits per heavy atom. The van der Waals surface area contributed by atoms with Crippen LogP contribution in [0.4, 0.5) is 5.69 Å². The quantitative estimate of drug-likeness (QED) is 0.660. The normalized spacial score (nSPS) is 10.8. The Bertz CT molecular complexity index is 987. The summed E-state index contributed by atoms with van der Waals surface area (Å²) in [4.78, 5) is 24.2. The number of furan rings is 1. The van der Waals surface area contributed by atoms with E-state index in [1.165, 1.54) is 5.56 Å². The third-order valence-electron chi connectivity index (χ3n) is 4.49. The molecule has 0 radical (unpaired) electrons. The number of carbonyl (C=O) groups is 2. The molecule has 0 aliphatic rings. The molecule has 0 aliphatic carbocycles. The van der Waals surface area contributed by atoms with Crippen molar-refractivity contribution in [3.05, 3.63) is 64.9 Å². The van der Waals surface area contributed by atoms with Crippen LogP contribution in [-0.4, -0.2) is 18.5 Å². The lowest BCUT2D eigenvalue weighted by atomic mass is 10.1. The topological polar surface area (TPSA) is 68.5 Å². The summed E-state index contributed by atoms with van der Waals surface area (Å²) in [5, 5.41) is 3.67. The molecular formula is C22H23NO4. The van der Waals surface area contributed by atoms with Crippen molar-refractivity contribution in [2.75, 3.05) is 11.9 Å². The van der Waals surface area contributed by atoms with Gasteiger partial charge in [-0.25, -0.2) is 0 Å². The van der Waals surface area contributed by atoms with E-state index in [9.17, 15) is 9.59 Å². The van der Waals surface area contributed by atoms with Gasteiger partial charge in [-0.2, -0.15) is 0 Å². The molecule has 1 N–H and O–H groups in total. The molecule has 0 bridgehead atoms. The molecule has 0 saturated carbocycles. The van der Waals surface area contributed by atoms with Gasteiger partial charge < -0.3 is 14.5 Å². The average Bonchev–Trinajstić information content (AvgIpc) is 3.05. The van der Waals surface area contributed by atoms with Gasteiger partial charge in [0.2, 0.25) is 0 Å². The Kier molecular flexibility index (Phi) is 5.60. The fraction of sp³-hybridized carbons (Fsp3) is 0.273. The number of aryl methyl sites for hydroxylation is 3. The zero-order chi connectivity index (χ0) is 19.4. The smallest absolute Gasteiger partial charge is 0.310 e. The summed E-state index contributed by atoms with van der Waals surface area (Å²) >= 11 is 0. The van der Waals surface area contributed by atoms with Gasteiger partial charge in [0.15, 0.2) is 6.61 Å². The molecule has 5 nitrogen and oxygen atoms in total. The van der Waals surface area contributed by atoms with Crippen LogP contribution in [0.1, 0.15) is 29.2 Å². The molecule has 3 rings (SSSR count). The fourth-order valence-corrected chi connectivity index (χ4v) is 2.89. The zero-order valence-corrected chi connectivity index (χ0v) is 15.8. The van der Waals surface area contributed by atoms with Crippen LogP contribution >= 0.6 is 0 Å². The summed E-state index contributed by atoms with van der Waals surface area (Å²) in [6.45, 7) is 5.62. The zero-order valence-electron chi connectivity index (χ0n) is 15.8. The van der Waals surface area contributed by atoms with E-state index in [0.29, 0.717) is 0 Å². The number of fused-ring (bicyclic) bond motifs is 1. The molecule has 1 aromatic heterocycles. The number of anilines is 1. The monoisotopic (exact) mass is 365 g/mol. The maximum atomic E-state index is 12.1. The van der Waals surface area contributed by atoms with E-state index < -0.39 is 5.97 Å². The van der Waals surface area contributed by atoms with Gasteiger partial charge in [-0.15, -0.1) is 0 Å². The van der Waals surface area contributed by atoms with Crippen LogP contribution in [0.15, 0.2) is 47.1 Å². The molecule has 0 unspecified atom stereocenters. The maximum Gasteiger partial charge on any atom is 0.310 e. The van der Waals surface area contributed by atoms with Crippen LogP contribution in [-0.2, 0) is 27.2 Å². The van der Waals surface area contributed by atoms with Gasteiger partial charge >= 0.3 is 5.97 Å². The first-order chi connectivity index (χ1) is 13.0. The van der Waals surface area contributed by atoms with Gasteiger partial charge in [0.1, 0.15) is 5.58 Å². The van der Waals surface area contributed by atoms with Crippen molar-refractivity contribution in [1.82, 2.24) is 0 Å². The van der Waals surface area contributed by atoms with Crippen LogP contribution in [0.3, 0.4) is 0 Å². The van der Waals surface area contributed by atoms with Gasteiger partial charge in [0.05, 0.1) is 12.7 Å². The van der Waals surface area contributed by atoms with Crippen LogP contribution in [0, 0.1) is 13.8 Å². The molecule has 1 heterocycles. The fourth-order valence-electron chi connectivity index (χ4n) is 2.89. The van der Waals surface area contributed by atoms with E-state index in [-0.39, 0.29) is 18.9 Å². The van der Waals surface area contributed by atoms with Gasteiger partial charge in [0.25, 0.3) is 5.91 Å². The van der Waals surface area contributed by atoms with Crippen molar-refractivity contribution in [3.8, 4) is 0 Å². The van der Waals surface area contributed by atoms with Crippen molar-refractivity contribution < 1.29 is 18.7 Å². The molecule has 2 aromatic carbocycles. The predicted molar refractivity (Wildman–Crippen MR) is 105 cm³/mol. The van der Waals surface area contributed by atoms with Gasteiger partial charge in [0, 0.05) is 16.6 Å². The molecule has 0 atom stereocenters. The standard InChI is InChI=1S/C22H23NO4/c1-4-16-7-8-18-17(12-26-20(18)10-16)11-22(25)27-13-21(24)23-19-9-14(2)5-6-15(19)3/h5-10,12H,4,11,13H2,1-3H3,(H,23,24).